The molecule has 3 amide bonds. The lowest BCUT2D eigenvalue weighted by molar-refractivity contribution is -0.123. The van der Waals surface area contributed by atoms with Crippen molar-refractivity contribution < 1.29 is 14.4 Å². The summed E-state index contributed by atoms with van der Waals surface area (Å²) in [4.78, 5) is 44.7. The highest BCUT2D eigenvalue weighted by Gasteiger charge is 2.38. The molecule has 0 unspecified atom stereocenters. The summed E-state index contributed by atoms with van der Waals surface area (Å²) in [5.74, 6) is -1.64. The van der Waals surface area contributed by atoms with E-state index in [1.807, 2.05) is 30.3 Å². The number of amides is 3. The second-order valence-corrected chi connectivity index (χ2v) is 9.96. The number of nitrogen functional groups attached to an aromatic ring is 1. The minimum atomic E-state index is -1.01. The van der Waals surface area contributed by atoms with Gasteiger partial charge in [-0.15, -0.1) is 0 Å². The Balaban J connectivity index is 1.65. The standard InChI is InChI=1S/C27H28N6O3S/c28-21-22(25(29)34)32-37-24(21)27(36)33(17-11-5-2-6-12-17)23(26(35)31-16-9-3-1-4-10-16)19-15-30-20-14-8-7-13-18(19)20/h2,5-8,11-16,23,30H,1,3-4,9-10,28H2,(H2,29,34)(H,31,35)/t23-/m1/s1. The summed E-state index contributed by atoms with van der Waals surface area (Å²) in [5, 5.41) is 4.03. The number of carbonyl (C=O) groups excluding carboxylic acids is 3. The Kier molecular flexibility index (Phi) is 6.91. The van der Waals surface area contributed by atoms with E-state index >= 15 is 0 Å². The number of aromatic nitrogens is 2. The fourth-order valence-electron chi connectivity index (χ4n) is 4.96. The van der Waals surface area contributed by atoms with Gasteiger partial charge in [0.2, 0.25) is 5.91 Å². The summed E-state index contributed by atoms with van der Waals surface area (Å²) < 4.78 is 4.01. The van der Waals surface area contributed by atoms with Crippen molar-refractivity contribution in [2.24, 2.45) is 5.73 Å². The third-order valence-electron chi connectivity index (χ3n) is 6.78. The maximum absolute atomic E-state index is 14.1. The first-order chi connectivity index (χ1) is 18.0. The van der Waals surface area contributed by atoms with E-state index in [1.165, 1.54) is 4.90 Å². The van der Waals surface area contributed by atoms with Gasteiger partial charge in [0.25, 0.3) is 11.8 Å². The second kappa shape index (κ2) is 10.4. The molecule has 5 rings (SSSR count). The predicted octanol–water partition coefficient (Wildman–Crippen LogP) is 4.14. The number of benzene rings is 2. The monoisotopic (exact) mass is 516 g/mol. The first-order valence-corrected chi connectivity index (χ1v) is 13.0. The molecule has 10 heteroatoms. The maximum Gasteiger partial charge on any atom is 0.273 e. The molecule has 2 aromatic carbocycles. The van der Waals surface area contributed by atoms with E-state index in [-0.39, 0.29) is 28.2 Å². The number of rotatable bonds is 7. The molecule has 0 radical (unpaired) electrons. The fraction of sp³-hybridized carbons (Fsp3) is 0.259. The molecule has 190 valence electrons. The zero-order chi connectivity index (χ0) is 25.9. The SMILES string of the molecule is NC(=O)c1nsc(C(=O)N(c2ccccc2)[C@@H](C(=O)NC2CCCCC2)c2c[nH]c3ccccc23)c1N. The van der Waals surface area contributed by atoms with Gasteiger partial charge in [0.1, 0.15) is 10.9 Å². The summed E-state index contributed by atoms with van der Waals surface area (Å²) >= 11 is 0.795. The number of nitrogens with one attached hydrogen (secondary N) is 2. The van der Waals surface area contributed by atoms with Gasteiger partial charge in [-0.25, -0.2) is 0 Å². The van der Waals surface area contributed by atoms with Gasteiger partial charge in [0, 0.05) is 34.4 Å². The molecule has 1 fully saturated rings. The highest BCUT2D eigenvalue weighted by molar-refractivity contribution is 7.09. The van der Waals surface area contributed by atoms with E-state index in [1.54, 1.807) is 30.5 Å². The highest BCUT2D eigenvalue weighted by Crippen LogP contribution is 2.36. The number of hydrogen-bond donors (Lipinski definition) is 4. The minimum Gasteiger partial charge on any atom is -0.395 e. The molecule has 6 N–H and O–H groups in total. The van der Waals surface area contributed by atoms with Crippen LogP contribution in [-0.2, 0) is 4.79 Å². The van der Waals surface area contributed by atoms with Crippen molar-refractivity contribution in [3.8, 4) is 0 Å². The van der Waals surface area contributed by atoms with Crippen molar-refractivity contribution >= 4 is 51.5 Å². The molecule has 1 aliphatic rings. The number of nitrogens with two attached hydrogens (primary N) is 2. The van der Waals surface area contributed by atoms with Gasteiger partial charge < -0.3 is 21.8 Å². The molecule has 2 heterocycles. The molecule has 0 spiro atoms. The van der Waals surface area contributed by atoms with Crippen LogP contribution in [0.25, 0.3) is 10.9 Å². The summed E-state index contributed by atoms with van der Waals surface area (Å²) in [5.41, 5.74) is 13.3. The lowest BCUT2D eigenvalue weighted by Gasteiger charge is -2.33. The minimum absolute atomic E-state index is 0.0385. The van der Waals surface area contributed by atoms with Gasteiger partial charge in [0.15, 0.2) is 5.69 Å². The average Bonchev–Trinajstić information content (AvgIpc) is 3.51. The smallest absolute Gasteiger partial charge is 0.273 e. The Labute approximate surface area is 218 Å². The molecule has 2 aromatic heterocycles. The Morgan fingerprint density at radius 2 is 1.73 bits per heavy atom. The van der Waals surface area contributed by atoms with Crippen molar-refractivity contribution in [3.05, 3.63) is 76.9 Å². The first kappa shape index (κ1) is 24.5. The van der Waals surface area contributed by atoms with E-state index in [4.69, 9.17) is 11.5 Å². The third-order valence-corrected chi connectivity index (χ3v) is 7.63. The van der Waals surface area contributed by atoms with E-state index < -0.39 is 17.9 Å². The zero-order valence-electron chi connectivity index (χ0n) is 20.1. The van der Waals surface area contributed by atoms with Crippen molar-refractivity contribution in [1.29, 1.82) is 0 Å². The molecule has 9 nitrogen and oxygen atoms in total. The molecule has 1 saturated carbocycles. The Bertz CT molecular complexity index is 1440. The predicted molar refractivity (Wildman–Crippen MR) is 144 cm³/mol. The van der Waals surface area contributed by atoms with Crippen molar-refractivity contribution in [2.45, 2.75) is 44.2 Å². The number of fused-ring (bicyclic) bond motifs is 1. The van der Waals surface area contributed by atoms with Crippen molar-refractivity contribution in [1.82, 2.24) is 14.7 Å². The van der Waals surface area contributed by atoms with Gasteiger partial charge in [-0.1, -0.05) is 55.7 Å². The molecule has 0 saturated heterocycles. The Hall–Kier alpha value is -4.18. The van der Waals surface area contributed by atoms with Crippen LogP contribution in [0.5, 0.6) is 0 Å². The first-order valence-electron chi connectivity index (χ1n) is 12.3. The highest BCUT2D eigenvalue weighted by atomic mass is 32.1. The van der Waals surface area contributed by atoms with Gasteiger partial charge >= 0.3 is 0 Å². The molecule has 4 aromatic rings. The number of nitrogens with zero attached hydrogens (tertiary/aromatic N) is 2. The quantitative estimate of drug-likeness (QED) is 0.291. The van der Waals surface area contributed by atoms with Crippen LogP contribution in [0.15, 0.2) is 60.8 Å². The number of para-hydroxylation sites is 2. The molecule has 37 heavy (non-hydrogen) atoms. The Morgan fingerprint density at radius 1 is 1.03 bits per heavy atom. The number of aromatic amines is 1. The molecule has 0 aliphatic heterocycles. The normalized spacial score (nSPS) is 14.8. The number of anilines is 2. The summed E-state index contributed by atoms with van der Waals surface area (Å²) in [6.07, 6.45) is 6.82. The van der Waals surface area contributed by atoms with E-state index in [9.17, 15) is 14.4 Å². The zero-order valence-corrected chi connectivity index (χ0v) is 21.0. The summed E-state index contributed by atoms with van der Waals surface area (Å²) in [6.45, 7) is 0. The molecular formula is C27H28N6O3S. The Morgan fingerprint density at radius 3 is 2.43 bits per heavy atom. The second-order valence-electron chi connectivity index (χ2n) is 9.18. The van der Waals surface area contributed by atoms with Crippen LogP contribution in [-0.4, -0.2) is 33.1 Å². The number of carbonyl (C=O) groups is 3. The number of H-pyrrole nitrogens is 1. The maximum atomic E-state index is 14.1. The fourth-order valence-corrected chi connectivity index (χ4v) is 5.70. The molecular weight excluding hydrogens is 488 g/mol. The molecule has 0 bridgehead atoms. The van der Waals surface area contributed by atoms with Crippen LogP contribution in [0.4, 0.5) is 11.4 Å². The average molecular weight is 517 g/mol. The van der Waals surface area contributed by atoms with Gasteiger partial charge in [-0.2, -0.15) is 4.37 Å². The van der Waals surface area contributed by atoms with Crippen LogP contribution in [0.2, 0.25) is 0 Å². The summed E-state index contributed by atoms with van der Waals surface area (Å²) in [6, 6.07) is 15.6. The van der Waals surface area contributed by atoms with E-state index in [2.05, 4.69) is 14.7 Å². The van der Waals surface area contributed by atoms with Gasteiger partial charge in [-0.3, -0.25) is 19.3 Å². The van der Waals surface area contributed by atoms with E-state index in [0.717, 1.165) is 54.5 Å². The van der Waals surface area contributed by atoms with Crippen LogP contribution >= 0.6 is 11.5 Å². The van der Waals surface area contributed by atoms with Crippen molar-refractivity contribution in [3.63, 3.8) is 0 Å². The van der Waals surface area contributed by atoms with Crippen LogP contribution < -0.4 is 21.7 Å². The lowest BCUT2D eigenvalue weighted by atomic mass is 9.94. The van der Waals surface area contributed by atoms with Gasteiger partial charge in [0.05, 0.1) is 5.69 Å². The summed E-state index contributed by atoms with van der Waals surface area (Å²) in [7, 11) is 0. The van der Waals surface area contributed by atoms with E-state index in [0.29, 0.717) is 11.3 Å². The van der Waals surface area contributed by atoms with Crippen LogP contribution in [0, 0.1) is 0 Å². The topological polar surface area (TPSA) is 147 Å². The molecule has 1 aliphatic carbocycles. The lowest BCUT2D eigenvalue weighted by Crippen LogP contribution is -2.47. The third kappa shape index (κ3) is 4.79. The number of hydrogen-bond acceptors (Lipinski definition) is 6. The van der Waals surface area contributed by atoms with Crippen molar-refractivity contribution in [2.75, 3.05) is 10.6 Å². The van der Waals surface area contributed by atoms with Crippen LogP contribution in [0.1, 0.15) is 63.9 Å². The van der Waals surface area contributed by atoms with Crippen LogP contribution in [0.3, 0.4) is 0 Å². The van der Waals surface area contributed by atoms with Gasteiger partial charge in [-0.05, 0) is 42.6 Å². The molecule has 1 atom stereocenters. The number of primary amides is 1. The largest absolute Gasteiger partial charge is 0.395 e.